The van der Waals surface area contributed by atoms with Crippen LogP contribution in [0.2, 0.25) is 0 Å². The van der Waals surface area contributed by atoms with Crippen LogP contribution in [0.15, 0.2) is 0 Å². The lowest BCUT2D eigenvalue weighted by Gasteiger charge is -2.33. The van der Waals surface area contributed by atoms with Crippen LogP contribution in [0.25, 0.3) is 0 Å². The Balaban J connectivity index is 1.79. The van der Waals surface area contributed by atoms with Gasteiger partial charge >= 0.3 is 6.18 Å². The molecule has 3 atom stereocenters. The number of alkyl halides is 3. The lowest BCUT2D eigenvalue weighted by atomic mass is 9.85. The van der Waals surface area contributed by atoms with E-state index in [9.17, 15) is 18.3 Å². The minimum atomic E-state index is -4.07. The van der Waals surface area contributed by atoms with Gasteiger partial charge in [0.25, 0.3) is 0 Å². The Kier molecular flexibility index (Phi) is 4.49. The van der Waals surface area contributed by atoms with E-state index in [4.69, 9.17) is 0 Å². The van der Waals surface area contributed by atoms with Gasteiger partial charge in [0.1, 0.15) is 0 Å². The molecule has 1 heterocycles. The number of aliphatic hydroxyl groups is 1. The molecule has 1 aliphatic heterocycles. The Bertz CT molecular complexity index is 279. The van der Waals surface area contributed by atoms with E-state index >= 15 is 0 Å². The highest BCUT2D eigenvalue weighted by atomic mass is 32.2. The van der Waals surface area contributed by atoms with E-state index in [0.29, 0.717) is 18.7 Å². The fourth-order valence-electron chi connectivity index (χ4n) is 2.74. The summed E-state index contributed by atoms with van der Waals surface area (Å²) in [5.74, 6) is 0.458. The first kappa shape index (κ1) is 14.5. The number of hydrogen-bond donors (Lipinski definition) is 2. The van der Waals surface area contributed by atoms with Crippen molar-refractivity contribution in [2.24, 2.45) is 5.92 Å². The third-order valence-electron chi connectivity index (χ3n) is 3.94. The van der Waals surface area contributed by atoms with Gasteiger partial charge in [0.2, 0.25) is 0 Å². The highest BCUT2D eigenvalue weighted by Crippen LogP contribution is 2.37. The molecule has 0 bridgehead atoms. The van der Waals surface area contributed by atoms with Gasteiger partial charge in [-0.1, -0.05) is 6.42 Å². The highest BCUT2D eigenvalue weighted by Gasteiger charge is 2.42. The summed E-state index contributed by atoms with van der Waals surface area (Å²) in [6, 6.07) is -0.0972. The number of hydrogen-bond acceptors (Lipinski definition) is 3. The van der Waals surface area contributed by atoms with Crippen LogP contribution < -0.4 is 5.32 Å². The second kappa shape index (κ2) is 5.59. The molecular weight excluding hydrogens is 263 g/mol. The van der Waals surface area contributed by atoms with Gasteiger partial charge in [0.15, 0.2) is 0 Å². The zero-order valence-corrected chi connectivity index (χ0v) is 11.1. The van der Waals surface area contributed by atoms with Crippen molar-refractivity contribution in [2.75, 3.05) is 18.1 Å². The lowest BCUT2D eigenvalue weighted by Crippen LogP contribution is -2.47. The van der Waals surface area contributed by atoms with Crippen molar-refractivity contribution in [2.45, 2.75) is 49.9 Å². The van der Waals surface area contributed by atoms with Gasteiger partial charge in [-0.15, -0.1) is 0 Å². The van der Waals surface area contributed by atoms with Crippen LogP contribution in [-0.4, -0.2) is 41.0 Å². The summed E-state index contributed by atoms with van der Waals surface area (Å²) in [5.41, 5.74) is -0.712. The Morgan fingerprint density at radius 3 is 2.72 bits per heavy atom. The van der Waals surface area contributed by atoms with Crippen LogP contribution in [-0.2, 0) is 0 Å². The fraction of sp³-hybridized carbons (Fsp3) is 1.00. The molecule has 2 rings (SSSR count). The molecule has 6 heteroatoms. The van der Waals surface area contributed by atoms with Crippen molar-refractivity contribution in [3.63, 3.8) is 0 Å². The molecule has 2 N–H and O–H groups in total. The zero-order valence-electron chi connectivity index (χ0n) is 10.3. The Morgan fingerprint density at radius 2 is 2.11 bits per heavy atom. The minimum Gasteiger partial charge on any atom is -0.388 e. The molecule has 2 aliphatic rings. The molecule has 2 fully saturated rings. The normalized spacial score (nSPS) is 38.0. The number of rotatable bonds is 3. The SMILES string of the molecule is OC1(CNC2CCCC(C(F)(F)F)C2)CCSC1. The lowest BCUT2D eigenvalue weighted by molar-refractivity contribution is -0.183. The van der Waals surface area contributed by atoms with E-state index in [1.54, 1.807) is 11.8 Å². The Labute approximate surface area is 110 Å². The molecular formula is C12H20F3NOS. The third-order valence-corrected chi connectivity index (χ3v) is 5.17. The summed E-state index contributed by atoms with van der Waals surface area (Å²) < 4.78 is 38.0. The maximum Gasteiger partial charge on any atom is 0.391 e. The van der Waals surface area contributed by atoms with Crippen molar-refractivity contribution in [1.82, 2.24) is 5.32 Å². The molecule has 0 spiro atoms. The van der Waals surface area contributed by atoms with Crippen LogP contribution >= 0.6 is 11.8 Å². The zero-order chi connectivity index (χ0) is 13.2. The standard InChI is InChI=1S/C12H20F3NOS/c13-12(14,15)9-2-1-3-10(6-9)16-7-11(17)4-5-18-8-11/h9-10,16-17H,1-8H2. The van der Waals surface area contributed by atoms with Gasteiger partial charge in [-0.2, -0.15) is 24.9 Å². The summed E-state index contributed by atoms with van der Waals surface area (Å²) >= 11 is 1.70. The van der Waals surface area contributed by atoms with E-state index in [0.717, 1.165) is 18.6 Å². The first-order valence-electron chi connectivity index (χ1n) is 6.49. The smallest absolute Gasteiger partial charge is 0.388 e. The van der Waals surface area contributed by atoms with Gasteiger partial charge in [0.05, 0.1) is 11.5 Å². The van der Waals surface area contributed by atoms with Crippen LogP contribution in [0, 0.1) is 5.92 Å². The second-order valence-corrected chi connectivity index (χ2v) is 6.62. The van der Waals surface area contributed by atoms with Crippen LogP contribution in [0.4, 0.5) is 13.2 Å². The van der Waals surface area contributed by atoms with Crippen molar-refractivity contribution >= 4 is 11.8 Å². The summed E-state index contributed by atoms with van der Waals surface area (Å²) in [6.07, 6.45) is -1.51. The predicted octanol–water partition coefficient (Wildman–Crippen LogP) is 2.57. The van der Waals surface area contributed by atoms with Crippen molar-refractivity contribution < 1.29 is 18.3 Å². The summed E-state index contributed by atoms with van der Waals surface area (Å²) in [6.45, 7) is 0.426. The maximum absolute atomic E-state index is 12.7. The number of thioether (sulfide) groups is 1. The molecule has 0 radical (unpaired) electrons. The number of nitrogens with one attached hydrogen (secondary N) is 1. The van der Waals surface area contributed by atoms with Crippen LogP contribution in [0.1, 0.15) is 32.1 Å². The van der Waals surface area contributed by atoms with Gasteiger partial charge in [0, 0.05) is 18.3 Å². The maximum atomic E-state index is 12.7. The highest BCUT2D eigenvalue weighted by molar-refractivity contribution is 7.99. The molecule has 18 heavy (non-hydrogen) atoms. The molecule has 0 aromatic carbocycles. The summed E-state index contributed by atoms with van der Waals surface area (Å²) in [5, 5.41) is 13.3. The van der Waals surface area contributed by atoms with E-state index in [1.165, 1.54) is 0 Å². The van der Waals surface area contributed by atoms with Gasteiger partial charge in [-0.3, -0.25) is 0 Å². The largest absolute Gasteiger partial charge is 0.391 e. The second-order valence-electron chi connectivity index (χ2n) is 5.51. The topological polar surface area (TPSA) is 32.3 Å². The molecule has 0 aromatic rings. The first-order chi connectivity index (χ1) is 8.39. The molecule has 1 aliphatic carbocycles. The summed E-state index contributed by atoms with van der Waals surface area (Å²) in [4.78, 5) is 0. The number of halogens is 3. The predicted molar refractivity (Wildman–Crippen MR) is 66.7 cm³/mol. The van der Waals surface area contributed by atoms with E-state index in [-0.39, 0.29) is 18.9 Å². The minimum absolute atomic E-state index is 0.0972. The molecule has 0 amide bonds. The van der Waals surface area contributed by atoms with Gasteiger partial charge in [-0.05, 0) is 31.4 Å². The fourth-order valence-corrected chi connectivity index (χ4v) is 4.04. The average Bonchev–Trinajstić information content (AvgIpc) is 2.74. The quantitative estimate of drug-likeness (QED) is 0.835. The third kappa shape index (κ3) is 3.78. The van der Waals surface area contributed by atoms with E-state index in [2.05, 4.69) is 5.32 Å². The molecule has 1 saturated carbocycles. The average molecular weight is 283 g/mol. The van der Waals surface area contributed by atoms with Crippen molar-refractivity contribution in [3.8, 4) is 0 Å². The van der Waals surface area contributed by atoms with E-state index in [1.807, 2.05) is 0 Å². The molecule has 1 saturated heterocycles. The van der Waals surface area contributed by atoms with Crippen LogP contribution in [0.3, 0.4) is 0 Å². The van der Waals surface area contributed by atoms with E-state index < -0.39 is 17.7 Å². The van der Waals surface area contributed by atoms with Gasteiger partial charge in [-0.25, -0.2) is 0 Å². The monoisotopic (exact) mass is 283 g/mol. The molecule has 2 nitrogen and oxygen atoms in total. The Morgan fingerprint density at radius 1 is 1.33 bits per heavy atom. The first-order valence-corrected chi connectivity index (χ1v) is 7.65. The Hall–Kier alpha value is 0.0600. The molecule has 3 unspecified atom stereocenters. The van der Waals surface area contributed by atoms with Crippen LogP contribution in [0.5, 0.6) is 0 Å². The van der Waals surface area contributed by atoms with Gasteiger partial charge < -0.3 is 10.4 Å². The molecule has 106 valence electrons. The summed E-state index contributed by atoms with van der Waals surface area (Å²) in [7, 11) is 0. The molecule has 0 aromatic heterocycles. The van der Waals surface area contributed by atoms with Crippen molar-refractivity contribution in [3.05, 3.63) is 0 Å². The van der Waals surface area contributed by atoms with Crippen molar-refractivity contribution in [1.29, 1.82) is 0 Å².